The highest BCUT2D eigenvalue weighted by atomic mass is 79.9. The number of halogens is 3. The predicted octanol–water partition coefficient (Wildman–Crippen LogP) is 24.2. The van der Waals surface area contributed by atoms with Gasteiger partial charge in [0.05, 0.1) is 22.1 Å². The van der Waals surface area contributed by atoms with E-state index in [1.165, 1.54) is 162 Å². The highest BCUT2D eigenvalue weighted by Gasteiger charge is 2.45. The third kappa shape index (κ3) is 16.2. The molecule has 0 saturated heterocycles. The lowest BCUT2D eigenvalue weighted by Gasteiger charge is -2.34. The monoisotopic (exact) mass is 1900 g/mol. The van der Waals surface area contributed by atoms with Crippen molar-refractivity contribution in [2.45, 2.75) is 12.8 Å². The van der Waals surface area contributed by atoms with Gasteiger partial charge in [0.25, 0.3) is 0 Å². The van der Waals surface area contributed by atoms with E-state index in [2.05, 4.69) is 585 Å². The van der Waals surface area contributed by atoms with Crippen molar-refractivity contribution in [3.8, 4) is 33.6 Å². The summed E-state index contributed by atoms with van der Waals surface area (Å²) in [4.78, 5) is 0. The zero-order valence-electron chi connectivity index (χ0n) is 71.7. The Hall–Kier alpha value is -13.9. The Labute approximate surface area is 789 Å². The summed E-state index contributed by atoms with van der Waals surface area (Å²) in [7, 11) is -7.58. The molecule has 24 rings (SSSR count). The van der Waals surface area contributed by atoms with Gasteiger partial charge in [0.2, 0.25) is 0 Å². The van der Waals surface area contributed by atoms with Crippen LogP contribution in [0.5, 0.6) is 0 Å². The Morgan fingerprint density at radius 1 is 0.154 bits per heavy atom. The van der Waals surface area contributed by atoms with Crippen LogP contribution in [0.25, 0.3) is 77.2 Å². The van der Waals surface area contributed by atoms with Gasteiger partial charge in [-0.1, -0.05) is 491 Å². The van der Waals surface area contributed by atoms with E-state index in [4.69, 9.17) is 0 Å². The lowest BCUT2D eigenvalue weighted by atomic mass is 10.1. The fourth-order valence-corrected chi connectivity index (χ4v) is 36.0. The van der Waals surface area contributed by atoms with Crippen LogP contribution in [-0.2, 0) is 12.8 Å². The van der Waals surface area contributed by atoms with Crippen molar-refractivity contribution in [3.63, 3.8) is 0 Å². The molecule has 0 spiro atoms. The standard InChI is InChI=1S/C36H25Br2NSi.C36H27NSi.C24H19BrSi.2C13H10/c37-26-19-21-35-33(23-26)34-24-27(38)20-22-36(34)39(35)28-11-10-18-32(25-28)40(29-12-4-1-5-13-29,30-14-6-2-7-15-30)31-16-8-3-9-17-31;1-4-16-29(17-5-1)38(30-18-6-2-7-19-30,31-20-8-3-9-21-31)32-22-14-15-28(27-32)37-35-25-12-10-23-33(35)34-24-11-13-26-36(34)37;25-20-11-10-18-24(19-20)26(21-12-4-1-5-13-21,22-14-6-2-7-15-22)23-16-8-3-9-17-23;2*1-3-7-12-10(5-1)9-11-6-2-4-8-13(11)12/h1-25H;1-27H;1-19H;2*1-8H,9H2. The number of benzene rings is 20. The fourth-order valence-electron chi connectivity index (χ4n) is 20.3. The molecule has 20 aromatic carbocycles. The Bertz CT molecular complexity index is 7110. The molecule has 0 fully saturated rings. The van der Waals surface area contributed by atoms with E-state index < -0.39 is 24.2 Å². The second-order valence-electron chi connectivity index (χ2n) is 33.2. The Morgan fingerprint density at radius 3 is 0.631 bits per heavy atom. The number of hydrogen-bond acceptors (Lipinski definition) is 0. The molecule has 0 N–H and O–H groups in total. The minimum Gasteiger partial charge on any atom is -0.309 e. The van der Waals surface area contributed by atoms with E-state index in [-0.39, 0.29) is 0 Å². The number of fused-ring (bicyclic) bond motifs is 12. The first-order chi connectivity index (χ1) is 64.2. The third-order valence-electron chi connectivity index (χ3n) is 25.9. The van der Waals surface area contributed by atoms with Crippen molar-refractivity contribution < 1.29 is 0 Å². The molecule has 622 valence electrons. The molecule has 2 nitrogen and oxygen atoms in total. The molecule has 22 aromatic rings. The van der Waals surface area contributed by atoms with E-state index in [1.807, 2.05) is 0 Å². The van der Waals surface area contributed by atoms with E-state index >= 15 is 0 Å². The number of aromatic nitrogens is 2. The number of para-hydroxylation sites is 2. The van der Waals surface area contributed by atoms with Gasteiger partial charge in [0.1, 0.15) is 0 Å². The molecule has 130 heavy (non-hydrogen) atoms. The second-order valence-corrected chi connectivity index (χ2v) is 47.3. The van der Waals surface area contributed by atoms with Gasteiger partial charge in [-0.25, -0.2) is 0 Å². The van der Waals surface area contributed by atoms with Gasteiger partial charge in [0, 0.05) is 46.3 Å². The Balaban J connectivity index is 0.000000108. The van der Waals surface area contributed by atoms with Crippen LogP contribution in [0.3, 0.4) is 0 Å². The number of hydrogen-bond donors (Lipinski definition) is 0. The molecule has 0 radical (unpaired) electrons. The minimum atomic E-state index is -2.63. The minimum absolute atomic E-state index is 1.08. The number of nitrogens with zero attached hydrogens (tertiary/aromatic N) is 2. The molecule has 8 heteroatoms. The molecule has 0 amide bonds. The molecule has 0 saturated carbocycles. The maximum absolute atomic E-state index is 3.70. The quantitative estimate of drug-likeness (QED) is 0.0759. The van der Waals surface area contributed by atoms with Crippen LogP contribution in [0, 0.1) is 0 Å². The molecule has 2 heterocycles. The van der Waals surface area contributed by atoms with Crippen LogP contribution in [0.4, 0.5) is 0 Å². The Kier molecular flexibility index (Phi) is 24.7. The van der Waals surface area contributed by atoms with Crippen molar-refractivity contribution in [2.24, 2.45) is 0 Å². The summed E-state index contributed by atoms with van der Waals surface area (Å²) in [6.07, 6.45) is 2.21. The molecule has 0 bridgehead atoms. The van der Waals surface area contributed by atoms with Crippen LogP contribution in [-0.4, -0.2) is 33.4 Å². The molecule has 0 aliphatic heterocycles. The molecule has 2 aromatic heterocycles. The Morgan fingerprint density at radius 2 is 0.362 bits per heavy atom. The maximum Gasteiger partial charge on any atom is 0.179 e. The average molecular weight is 1910 g/mol. The average Bonchev–Trinajstić information content (AvgIpc) is 1.46. The van der Waals surface area contributed by atoms with Gasteiger partial charge >= 0.3 is 0 Å². The molecular weight excluding hydrogens is 1820 g/mol. The zero-order chi connectivity index (χ0) is 87.6. The van der Waals surface area contributed by atoms with Crippen LogP contribution in [0.15, 0.2) is 541 Å². The maximum atomic E-state index is 3.70. The van der Waals surface area contributed by atoms with Gasteiger partial charge in [-0.2, -0.15) is 0 Å². The van der Waals surface area contributed by atoms with Crippen molar-refractivity contribution in [3.05, 3.63) is 563 Å². The summed E-state index contributed by atoms with van der Waals surface area (Å²) in [6, 6.07) is 192. The van der Waals surface area contributed by atoms with Crippen LogP contribution in [0.1, 0.15) is 22.3 Å². The second kappa shape index (κ2) is 38.2. The first-order valence-electron chi connectivity index (χ1n) is 44.4. The van der Waals surface area contributed by atoms with Gasteiger partial charge in [-0.15, -0.1) is 0 Å². The zero-order valence-corrected chi connectivity index (χ0v) is 79.4. The molecule has 2 aliphatic carbocycles. The van der Waals surface area contributed by atoms with Gasteiger partial charge in [-0.05, 0) is 205 Å². The summed E-state index contributed by atoms with van der Waals surface area (Å²) in [5, 5.41) is 21.6. The smallest absolute Gasteiger partial charge is 0.179 e. The summed E-state index contributed by atoms with van der Waals surface area (Å²) in [5.74, 6) is 0. The molecule has 0 atom stereocenters. The van der Waals surface area contributed by atoms with Crippen molar-refractivity contribution in [2.75, 3.05) is 0 Å². The summed E-state index contributed by atoms with van der Waals surface area (Å²) in [5.41, 5.74) is 18.7. The van der Waals surface area contributed by atoms with Gasteiger partial charge in [0.15, 0.2) is 24.2 Å². The van der Waals surface area contributed by atoms with E-state index in [1.54, 1.807) is 0 Å². The molecule has 0 unspecified atom stereocenters. The van der Waals surface area contributed by atoms with Crippen LogP contribution < -0.4 is 62.2 Å². The molecular formula is C122H91Br3N2Si3. The normalized spacial score (nSPS) is 11.7. The van der Waals surface area contributed by atoms with Crippen molar-refractivity contribution in [1.29, 1.82) is 0 Å². The third-order valence-corrected chi connectivity index (χ3v) is 41.7. The predicted molar refractivity (Wildman–Crippen MR) is 571 cm³/mol. The first kappa shape index (κ1) is 84.3. The van der Waals surface area contributed by atoms with Crippen molar-refractivity contribution >= 4 is 178 Å². The van der Waals surface area contributed by atoms with Gasteiger partial charge < -0.3 is 9.13 Å². The van der Waals surface area contributed by atoms with Crippen LogP contribution >= 0.6 is 47.8 Å². The topological polar surface area (TPSA) is 9.86 Å². The van der Waals surface area contributed by atoms with Gasteiger partial charge in [-0.3, -0.25) is 0 Å². The summed E-state index contributed by atoms with van der Waals surface area (Å²) in [6.45, 7) is 0. The van der Waals surface area contributed by atoms with E-state index in [0.29, 0.717) is 0 Å². The highest BCUT2D eigenvalue weighted by Crippen LogP contribution is 2.40. The molecule has 2 aliphatic rings. The van der Waals surface area contributed by atoms with Crippen molar-refractivity contribution in [1.82, 2.24) is 9.13 Å². The van der Waals surface area contributed by atoms with E-state index in [0.717, 1.165) is 26.3 Å². The lowest BCUT2D eigenvalue weighted by Crippen LogP contribution is -2.74. The highest BCUT2D eigenvalue weighted by molar-refractivity contribution is 9.11. The SMILES string of the molecule is Brc1ccc2c(c1)c1cc(Br)ccc1n2-c1cccc([Si](c2ccccc2)(c2ccccc2)c2ccccc2)c1.Brc1cccc([Si](c2ccccc2)(c2ccccc2)c2ccccc2)c1.c1ccc([Si](c2ccccc2)(c2ccccc2)c2cccc(-n3c4ccccc4c4ccccc43)c2)cc1.c1ccc2c(c1)Cc1ccccc1-2.c1ccc2c(c1)Cc1ccccc1-2. The largest absolute Gasteiger partial charge is 0.309 e. The summed E-state index contributed by atoms with van der Waals surface area (Å²) >= 11 is 11.1. The number of rotatable bonds is 14. The fraction of sp³-hybridized carbons (Fsp3) is 0.0164. The first-order valence-corrected chi connectivity index (χ1v) is 52.8. The lowest BCUT2D eigenvalue weighted by molar-refractivity contribution is 1.18. The van der Waals surface area contributed by atoms with Crippen LogP contribution in [0.2, 0.25) is 0 Å². The summed E-state index contributed by atoms with van der Waals surface area (Å²) < 4.78 is 8.11. The van der Waals surface area contributed by atoms with E-state index in [9.17, 15) is 0 Å².